The first-order valence-electron chi connectivity index (χ1n) is 16.2. The van der Waals surface area contributed by atoms with Crippen LogP contribution in [0.5, 0.6) is 5.75 Å². The standard InChI is InChI=1S/C36H45ClN2O5S/c1-23-7-5-16-36(42,19-24(2)40)31-12-9-28(31)20-39-21-35(15-6-8-26-17-29(37)11-13-30(26)35)22-44-33-14-10-27(18-32(33)39)34(41)38-45(4,43)25(23)3/h5,10-11,13-14,16-18,23,25,28,31,42H,4,6-9,12,15,19-22H2,1-3H3,(H,38,41,43)/b16-5+/t23-,25+,28-,31+,35-,36-,45?/m0/s1. The van der Waals surface area contributed by atoms with Crippen molar-refractivity contribution in [3.8, 4) is 5.75 Å². The minimum Gasteiger partial charge on any atom is -0.490 e. The van der Waals surface area contributed by atoms with Crippen LogP contribution in [-0.2, 0) is 26.3 Å². The minimum atomic E-state index is -3.00. The van der Waals surface area contributed by atoms with Crippen LogP contribution in [0.2, 0.25) is 5.02 Å². The number of hydrogen-bond donors (Lipinski definition) is 2. The number of ether oxygens (including phenoxy) is 1. The van der Waals surface area contributed by atoms with Gasteiger partial charge in [0.2, 0.25) is 0 Å². The molecule has 0 aromatic heterocycles. The van der Waals surface area contributed by atoms with Crippen LogP contribution in [0.3, 0.4) is 0 Å². The van der Waals surface area contributed by atoms with Crippen molar-refractivity contribution >= 4 is 44.6 Å². The highest BCUT2D eigenvalue weighted by molar-refractivity contribution is 7.99. The lowest BCUT2D eigenvalue weighted by atomic mass is 9.62. The first-order valence-corrected chi connectivity index (χ1v) is 18.4. The number of benzene rings is 2. The van der Waals surface area contributed by atoms with Gasteiger partial charge in [0.15, 0.2) is 0 Å². The summed E-state index contributed by atoms with van der Waals surface area (Å²) < 4.78 is 23.1. The Kier molecular flexibility index (Phi) is 8.63. The van der Waals surface area contributed by atoms with E-state index < -0.39 is 26.5 Å². The summed E-state index contributed by atoms with van der Waals surface area (Å²) >= 11 is 6.42. The quantitative estimate of drug-likeness (QED) is 0.310. The van der Waals surface area contributed by atoms with Gasteiger partial charge in [0.05, 0.1) is 27.6 Å². The number of aliphatic hydroxyl groups is 1. The molecule has 2 aromatic carbocycles. The molecule has 1 amide bonds. The van der Waals surface area contributed by atoms with Gasteiger partial charge in [0.1, 0.15) is 11.5 Å². The number of fused-ring (bicyclic) bond motifs is 4. The molecule has 2 heterocycles. The van der Waals surface area contributed by atoms with Gasteiger partial charge in [-0.15, -0.1) is 0 Å². The second kappa shape index (κ2) is 12.1. The third-order valence-corrected chi connectivity index (χ3v) is 13.4. The van der Waals surface area contributed by atoms with Gasteiger partial charge in [-0.1, -0.05) is 36.7 Å². The smallest absolute Gasteiger partial charge is 0.262 e. The summed E-state index contributed by atoms with van der Waals surface area (Å²) in [4.78, 5) is 28.4. The van der Waals surface area contributed by atoms with Crippen molar-refractivity contribution in [3.05, 3.63) is 70.3 Å². The molecule has 6 rings (SSSR count). The third kappa shape index (κ3) is 6.18. The molecule has 1 saturated carbocycles. The Hall–Kier alpha value is -2.81. The number of carbonyl (C=O) groups excluding carboxylic acids is 2. The van der Waals surface area contributed by atoms with Gasteiger partial charge >= 0.3 is 0 Å². The number of ketones is 1. The number of amides is 1. The van der Waals surface area contributed by atoms with E-state index in [-0.39, 0.29) is 35.4 Å². The summed E-state index contributed by atoms with van der Waals surface area (Å²) in [5.74, 6) is 4.12. The van der Waals surface area contributed by atoms with E-state index in [1.807, 2.05) is 44.2 Å². The Balaban J connectivity index is 1.46. The molecule has 2 N–H and O–H groups in total. The van der Waals surface area contributed by atoms with Crippen molar-refractivity contribution in [2.75, 3.05) is 24.6 Å². The molecule has 2 bridgehead atoms. The van der Waals surface area contributed by atoms with Gasteiger partial charge < -0.3 is 14.7 Å². The molecule has 45 heavy (non-hydrogen) atoms. The Morgan fingerprint density at radius 3 is 2.76 bits per heavy atom. The summed E-state index contributed by atoms with van der Waals surface area (Å²) in [7, 11) is -3.00. The number of allylic oxidation sites excluding steroid dienone is 1. The molecule has 2 aliphatic carbocycles. The maximum Gasteiger partial charge on any atom is 0.262 e. The van der Waals surface area contributed by atoms with E-state index in [4.69, 9.17) is 16.3 Å². The number of Topliss-reactive ketones (excluding diaryl/α,β-unsaturated/α-hetero) is 1. The number of nitrogens with zero attached hydrogens (tertiary/aromatic N) is 1. The van der Waals surface area contributed by atoms with E-state index in [2.05, 4.69) is 27.6 Å². The summed E-state index contributed by atoms with van der Waals surface area (Å²) in [6.07, 6.45) is 9.00. The lowest BCUT2D eigenvalue weighted by Crippen LogP contribution is -2.53. The van der Waals surface area contributed by atoms with Crippen LogP contribution in [0.4, 0.5) is 5.69 Å². The van der Waals surface area contributed by atoms with Gasteiger partial charge in [-0.2, -0.15) is 0 Å². The second-order valence-corrected chi connectivity index (χ2v) is 16.9. The molecule has 1 fully saturated rings. The SMILES string of the molecule is C=S1(=O)NC(=O)c2ccc3c(c2)N(C[C@@H]2CC[C@H]2[C@@](O)(CC(C)=O)/C=C/C[C@H](C)[C@H]1C)C[C@@]1(CCCc2cc(Cl)ccc21)CO3. The van der Waals surface area contributed by atoms with Crippen LogP contribution in [0, 0.1) is 17.8 Å². The average molecular weight is 653 g/mol. The topological polar surface area (TPSA) is 95.9 Å². The molecule has 1 unspecified atom stereocenters. The number of rotatable bonds is 2. The van der Waals surface area contributed by atoms with E-state index in [1.54, 1.807) is 6.07 Å². The zero-order valence-corrected chi connectivity index (χ0v) is 28.1. The van der Waals surface area contributed by atoms with Gasteiger partial charge in [0.25, 0.3) is 5.91 Å². The lowest BCUT2D eigenvalue weighted by Gasteiger charge is -2.49. The van der Waals surface area contributed by atoms with Crippen LogP contribution in [0.25, 0.3) is 0 Å². The second-order valence-electron chi connectivity index (χ2n) is 14.1. The number of halogens is 1. The molecular weight excluding hydrogens is 608 g/mol. The predicted octanol–water partition coefficient (Wildman–Crippen LogP) is 5.90. The maximum atomic E-state index is 13.7. The molecule has 2 aromatic rings. The summed E-state index contributed by atoms with van der Waals surface area (Å²) in [6.45, 7) is 7.14. The maximum absolute atomic E-state index is 13.7. The van der Waals surface area contributed by atoms with Crippen molar-refractivity contribution < 1.29 is 23.6 Å². The molecular formula is C36H45ClN2O5S. The Bertz CT molecular complexity index is 1640. The number of carbonyl (C=O) groups is 2. The summed E-state index contributed by atoms with van der Waals surface area (Å²) in [5.41, 5.74) is 2.14. The van der Waals surface area contributed by atoms with Crippen LogP contribution in [-0.4, -0.2) is 57.4 Å². The molecule has 4 aliphatic rings. The summed E-state index contributed by atoms with van der Waals surface area (Å²) in [6, 6.07) is 11.6. The van der Waals surface area contributed by atoms with Crippen molar-refractivity contribution in [1.29, 1.82) is 0 Å². The molecule has 9 heteroatoms. The van der Waals surface area contributed by atoms with Crippen LogP contribution < -0.4 is 14.4 Å². The fraction of sp³-hybridized carbons (Fsp3) is 0.528. The highest BCUT2D eigenvalue weighted by Gasteiger charge is 2.48. The Labute approximate surface area is 272 Å². The van der Waals surface area contributed by atoms with Crippen LogP contribution >= 0.6 is 11.6 Å². The fourth-order valence-corrected chi connectivity index (χ4v) is 9.73. The Morgan fingerprint density at radius 2 is 2.02 bits per heavy atom. The van der Waals surface area contributed by atoms with Crippen LogP contribution in [0.1, 0.15) is 80.8 Å². The Morgan fingerprint density at radius 1 is 1.22 bits per heavy atom. The van der Waals surface area contributed by atoms with E-state index in [0.717, 1.165) is 42.8 Å². The first-order chi connectivity index (χ1) is 21.3. The molecule has 7 nitrogen and oxygen atoms in total. The lowest BCUT2D eigenvalue weighted by molar-refractivity contribution is -0.125. The summed E-state index contributed by atoms with van der Waals surface area (Å²) in [5, 5.41) is 12.4. The van der Waals surface area contributed by atoms with Gasteiger partial charge in [-0.3, -0.25) is 14.3 Å². The van der Waals surface area contributed by atoms with E-state index in [1.165, 1.54) is 18.1 Å². The van der Waals surface area contributed by atoms with Crippen molar-refractivity contribution in [1.82, 2.24) is 4.72 Å². The van der Waals surface area contributed by atoms with Gasteiger partial charge in [0, 0.05) is 40.8 Å². The van der Waals surface area contributed by atoms with E-state index >= 15 is 0 Å². The third-order valence-electron chi connectivity index (χ3n) is 10.9. The zero-order chi connectivity index (χ0) is 32.1. The first kappa shape index (κ1) is 32.1. The predicted molar refractivity (Wildman–Crippen MR) is 182 cm³/mol. The van der Waals surface area contributed by atoms with Crippen molar-refractivity contribution in [2.45, 2.75) is 82.0 Å². The molecule has 0 saturated heterocycles. The number of anilines is 1. The molecule has 7 atom stereocenters. The van der Waals surface area contributed by atoms with Crippen molar-refractivity contribution in [3.63, 3.8) is 0 Å². The highest BCUT2D eigenvalue weighted by atomic mass is 35.5. The van der Waals surface area contributed by atoms with Crippen LogP contribution in [0.15, 0.2) is 48.6 Å². The number of nitrogens with one attached hydrogen (secondary N) is 1. The van der Waals surface area contributed by atoms with Gasteiger partial charge in [-0.25, -0.2) is 4.21 Å². The number of aryl methyl sites for hydroxylation is 1. The highest BCUT2D eigenvalue weighted by Crippen LogP contribution is 2.49. The normalized spacial score (nSPS) is 35.6. The zero-order valence-electron chi connectivity index (χ0n) is 26.5. The monoisotopic (exact) mass is 652 g/mol. The average Bonchev–Trinajstić information content (AvgIpc) is 3.10. The minimum absolute atomic E-state index is 0.0540. The molecule has 242 valence electrons. The van der Waals surface area contributed by atoms with E-state index in [0.29, 0.717) is 37.4 Å². The fourth-order valence-electron chi connectivity index (χ4n) is 8.06. The van der Waals surface area contributed by atoms with Gasteiger partial charge in [-0.05, 0) is 117 Å². The molecule has 0 radical (unpaired) electrons. The molecule has 2 aliphatic heterocycles. The largest absolute Gasteiger partial charge is 0.490 e. The van der Waals surface area contributed by atoms with Crippen molar-refractivity contribution in [2.24, 2.45) is 17.8 Å². The number of hydrogen-bond acceptors (Lipinski definition) is 6. The van der Waals surface area contributed by atoms with E-state index in [9.17, 15) is 18.9 Å². The molecule has 1 spiro atoms.